The third-order valence-electron chi connectivity index (χ3n) is 5.03. The highest BCUT2D eigenvalue weighted by atomic mass is 19.1. The zero-order chi connectivity index (χ0) is 20.5. The van der Waals surface area contributed by atoms with Gasteiger partial charge in [-0.15, -0.1) is 0 Å². The van der Waals surface area contributed by atoms with Gasteiger partial charge in [-0.25, -0.2) is 4.39 Å². The molecule has 0 bridgehead atoms. The van der Waals surface area contributed by atoms with E-state index < -0.39 is 0 Å². The van der Waals surface area contributed by atoms with Gasteiger partial charge < -0.3 is 18.9 Å². The molecule has 0 N–H and O–H groups in total. The van der Waals surface area contributed by atoms with Gasteiger partial charge in [0, 0.05) is 18.7 Å². The fourth-order valence-corrected chi connectivity index (χ4v) is 3.45. The molecule has 1 fully saturated rings. The summed E-state index contributed by atoms with van der Waals surface area (Å²) in [4.78, 5) is 18.5. The largest absolute Gasteiger partial charge is 0.493 e. The molecule has 3 aromatic rings. The Morgan fingerprint density at radius 2 is 2.03 bits per heavy atom. The summed E-state index contributed by atoms with van der Waals surface area (Å²) in [5.74, 6) is 1.03. The first-order valence-corrected chi connectivity index (χ1v) is 9.13. The third-order valence-corrected chi connectivity index (χ3v) is 5.03. The van der Waals surface area contributed by atoms with Gasteiger partial charge in [-0.05, 0) is 36.8 Å². The summed E-state index contributed by atoms with van der Waals surface area (Å²) in [7, 11) is 3.09. The minimum absolute atomic E-state index is 0.114. The third kappa shape index (κ3) is 3.41. The number of rotatable bonds is 5. The van der Waals surface area contributed by atoms with E-state index in [1.807, 2.05) is 0 Å². The van der Waals surface area contributed by atoms with E-state index in [1.165, 1.54) is 13.2 Å². The first-order chi connectivity index (χ1) is 14.0. The number of methoxy groups -OCH3 is 2. The Balaban J connectivity index is 1.59. The molecule has 1 amide bonds. The van der Waals surface area contributed by atoms with Crippen molar-refractivity contribution in [2.45, 2.75) is 19.3 Å². The van der Waals surface area contributed by atoms with Gasteiger partial charge >= 0.3 is 0 Å². The Bertz CT molecular complexity index is 1070. The number of aromatic nitrogens is 2. The van der Waals surface area contributed by atoms with Crippen LogP contribution in [-0.4, -0.2) is 36.8 Å². The maximum atomic E-state index is 13.9. The summed E-state index contributed by atoms with van der Waals surface area (Å²) in [6.45, 7) is 2.03. The SMILES string of the molecule is COc1cccc(-c2noc([C@H]3CC(=O)N(c4ccc(C)c(F)c4)C3)n2)c1OC. The van der Waals surface area contributed by atoms with Crippen molar-refractivity contribution in [3.05, 3.63) is 53.7 Å². The van der Waals surface area contributed by atoms with Gasteiger partial charge in [-0.2, -0.15) is 4.98 Å². The van der Waals surface area contributed by atoms with Gasteiger partial charge in [-0.1, -0.05) is 17.3 Å². The van der Waals surface area contributed by atoms with Crippen LogP contribution in [0.15, 0.2) is 40.9 Å². The van der Waals surface area contributed by atoms with E-state index in [1.54, 1.807) is 49.3 Å². The normalized spacial score (nSPS) is 16.3. The summed E-state index contributed by atoms with van der Waals surface area (Å²) >= 11 is 0. The number of benzene rings is 2. The average molecular weight is 397 g/mol. The van der Waals surface area contributed by atoms with E-state index in [4.69, 9.17) is 14.0 Å². The highest BCUT2D eigenvalue weighted by molar-refractivity contribution is 5.96. The molecule has 7 nitrogen and oxygen atoms in total. The lowest BCUT2D eigenvalue weighted by atomic mass is 10.1. The van der Waals surface area contributed by atoms with Crippen LogP contribution in [-0.2, 0) is 4.79 Å². The molecule has 1 aromatic heterocycles. The minimum atomic E-state index is -0.344. The molecular weight excluding hydrogens is 377 g/mol. The van der Waals surface area contributed by atoms with E-state index in [2.05, 4.69) is 10.1 Å². The van der Waals surface area contributed by atoms with Crippen LogP contribution in [0.4, 0.5) is 10.1 Å². The van der Waals surface area contributed by atoms with Crippen molar-refractivity contribution in [1.82, 2.24) is 10.1 Å². The average Bonchev–Trinajstić information content (AvgIpc) is 3.36. The number of ether oxygens (including phenoxy) is 2. The molecule has 0 radical (unpaired) electrons. The lowest BCUT2D eigenvalue weighted by Crippen LogP contribution is -2.24. The summed E-state index contributed by atoms with van der Waals surface area (Å²) < 4.78 is 30.1. The molecule has 0 unspecified atom stereocenters. The minimum Gasteiger partial charge on any atom is -0.493 e. The second-order valence-corrected chi connectivity index (χ2v) is 6.84. The van der Waals surface area contributed by atoms with E-state index in [0.29, 0.717) is 46.6 Å². The molecule has 0 aliphatic carbocycles. The highest BCUT2D eigenvalue weighted by Crippen LogP contribution is 2.38. The highest BCUT2D eigenvalue weighted by Gasteiger charge is 2.35. The zero-order valence-corrected chi connectivity index (χ0v) is 16.3. The molecule has 29 heavy (non-hydrogen) atoms. The number of anilines is 1. The first-order valence-electron chi connectivity index (χ1n) is 9.13. The maximum absolute atomic E-state index is 13.9. The van der Waals surface area contributed by atoms with Gasteiger partial charge in [0.25, 0.3) is 0 Å². The Kier molecular flexibility index (Phi) is 4.92. The van der Waals surface area contributed by atoms with Crippen LogP contribution in [0.5, 0.6) is 11.5 Å². The number of nitrogens with zero attached hydrogens (tertiary/aromatic N) is 3. The number of hydrogen-bond acceptors (Lipinski definition) is 6. The Morgan fingerprint density at radius 1 is 1.21 bits per heavy atom. The van der Waals surface area contributed by atoms with E-state index >= 15 is 0 Å². The van der Waals surface area contributed by atoms with Gasteiger partial charge in [0.15, 0.2) is 11.5 Å². The van der Waals surface area contributed by atoms with Crippen molar-refractivity contribution in [1.29, 1.82) is 0 Å². The van der Waals surface area contributed by atoms with Crippen molar-refractivity contribution in [3.63, 3.8) is 0 Å². The lowest BCUT2D eigenvalue weighted by molar-refractivity contribution is -0.117. The lowest BCUT2D eigenvalue weighted by Gasteiger charge is -2.16. The number of para-hydroxylation sites is 1. The molecule has 4 rings (SSSR count). The Morgan fingerprint density at radius 3 is 2.76 bits per heavy atom. The van der Waals surface area contributed by atoms with Gasteiger partial charge in [0.1, 0.15) is 5.82 Å². The number of carbonyl (C=O) groups excluding carboxylic acids is 1. The first kappa shape index (κ1) is 18.9. The monoisotopic (exact) mass is 397 g/mol. The standard InChI is InChI=1S/C21H20FN3O4/c1-12-7-8-14(10-16(12)22)25-11-13(9-18(25)26)21-23-20(24-29-21)15-5-4-6-17(27-2)19(15)28-3/h4-8,10,13H,9,11H2,1-3H3/t13-/m0/s1. The van der Waals surface area contributed by atoms with Crippen LogP contribution in [0.2, 0.25) is 0 Å². The second kappa shape index (κ2) is 7.54. The number of amides is 1. The zero-order valence-electron chi connectivity index (χ0n) is 16.3. The van der Waals surface area contributed by atoms with Crippen LogP contribution in [0.25, 0.3) is 11.4 Å². The predicted molar refractivity (Wildman–Crippen MR) is 104 cm³/mol. The van der Waals surface area contributed by atoms with Gasteiger partial charge in [0.05, 0.1) is 25.7 Å². The molecule has 2 aromatic carbocycles. The number of halogens is 1. The fourth-order valence-electron chi connectivity index (χ4n) is 3.45. The smallest absolute Gasteiger partial charge is 0.232 e. The molecule has 0 spiro atoms. The predicted octanol–water partition coefficient (Wildman–Crippen LogP) is 3.72. The molecule has 1 aliphatic heterocycles. The number of hydrogen-bond donors (Lipinski definition) is 0. The summed E-state index contributed by atoms with van der Waals surface area (Å²) in [6.07, 6.45) is 0.215. The summed E-state index contributed by atoms with van der Waals surface area (Å²) in [6, 6.07) is 10.1. The van der Waals surface area contributed by atoms with Crippen LogP contribution in [0, 0.1) is 12.7 Å². The van der Waals surface area contributed by atoms with Crippen molar-refractivity contribution >= 4 is 11.6 Å². The van der Waals surface area contributed by atoms with Crippen LogP contribution >= 0.6 is 0 Å². The van der Waals surface area contributed by atoms with E-state index in [9.17, 15) is 9.18 Å². The van der Waals surface area contributed by atoms with Crippen molar-refractivity contribution in [2.24, 2.45) is 0 Å². The topological polar surface area (TPSA) is 77.7 Å². The van der Waals surface area contributed by atoms with Crippen molar-refractivity contribution in [3.8, 4) is 22.9 Å². The molecule has 1 atom stereocenters. The summed E-state index contributed by atoms with van der Waals surface area (Å²) in [5.41, 5.74) is 1.68. The van der Waals surface area contributed by atoms with Crippen molar-refractivity contribution < 1.29 is 23.2 Å². The molecule has 1 aliphatic rings. The van der Waals surface area contributed by atoms with Crippen molar-refractivity contribution in [2.75, 3.05) is 25.7 Å². The van der Waals surface area contributed by atoms with Crippen LogP contribution < -0.4 is 14.4 Å². The fraction of sp³-hybridized carbons (Fsp3) is 0.286. The maximum Gasteiger partial charge on any atom is 0.232 e. The quantitative estimate of drug-likeness (QED) is 0.653. The molecule has 8 heteroatoms. The number of carbonyl (C=O) groups is 1. The Hall–Kier alpha value is -3.42. The summed E-state index contributed by atoms with van der Waals surface area (Å²) in [5, 5.41) is 4.05. The molecule has 2 heterocycles. The molecule has 150 valence electrons. The van der Waals surface area contributed by atoms with Gasteiger partial charge in [-0.3, -0.25) is 4.79 Å². The van der Waals surface area contributed by atoms with E-state index in [-0.39, 0.29) is 24.1 Å². The van der Waals surface area contributed by atoms with Crippen LogP contribution in [0.1, 0.15) is 23.8 Å². The Labute approximate surface area is 167 Å². The molecular formula is C21H20FN3O4. The molecule has 1 saturated heterocycles. The number of aryl methyl sites for hydroxylation is 1. The van der Waals surface area contributed by atoms with Gasteiger partial charge in [0.2, 0.25) is 17.6 Å². The molecule has 0 saturated carbocycles. The second-order valence-electron chi connectivity index (χ2n) is 6.84. The van der Waals surface area contributed by atoms with Crippen LogP contribution in [0.3, 0.4) is 0 Å². The van der Waals surface area contributed by atoms with E-state index in [0.717, 1.165) is 0 Å².